The molecule has 0 aliphatic carbocycles. The van der Waals surface area contributed by atoms with Crippen LogP contribution in [0.5, 0.6) is 11.5 Å². The van der Waals surface area contributed by atoms with Crippen LogP contribution in [-0.4, -0.2) is 9.55 Å². The number of nitrogens with zero attached hydrogens (tertiary/aromatic N) is 4. The van der Waals surface area contributed by atoms with Gasteiger partial charge in [-0.3, -0.25) is 0 Å². The molecule has 6 heteroatoms. The fraction of sp³-hybridized carbons (Fsp3) is 0.180. The van der Waals surface area contributed by atoms with Crippen LogP contribution >= 0.6 is 0 Å². The molecular weight excluding hydrogens is 1000 g/mol. The van der Waals surface area contributed by atoms with E-state index >= 15 is 0 Å². The molecule has 10 rings (SSSR count). The average Bonchev–Trinajstić information content (AvgIpc) is 3.93. The van der Waals surface area contributed by atoms with Gasteiger partial charge < -0.3 is 19.1 Å². The van der Waals surface area contributed by atoms with Gasteiger partial charge in [-0.2, -0.15) is 6.07 Å². The molecule has 0 spiro atoms. The summed E-state index contributed by atoms with van der Waals surface area (Å²) >= 11 is 0. The van der Waals surface area contributed by atoms with Crippen LogP contribution in [0.15, 0.2) is 188 Å². The molecule has 5 nitrogen and oxygen atoms in total. The number of anilines is 2. The zero-order valence-corrected chi connectivity index (χ0v) is 41.7. The molecule has 0 fully saturated rings. The second-order valence-corrected chi connectivity index (χ2v) is 20.0. The number of fused-ring (bicyclic) bond motifs is 3. The molecule has 1 aliphatic rings. The molecule has 0 bridgehead atoms. The van der Waals surface area contributed by atoms with Crippen molar-refractivity contribution >= 4 is 33.2 Å². The molecule has 0 saturated heterocycles. The second kappa shape index (κ2) is 17.8. The molecule has 0 saturated carbocycles. The van der Waals surface area contributed by atoms with E-state index in [1.54, 1.807) is 0 Å². The number of pyridine rings is 1. The summed E-state index contributed by atoms with van der Waals surface area (Å²) in [4.78, 5) is 9.45. The van der Waals surface area contributed by atoms with Crippen LogP contribution in [0, 0.1) is 24.2 Å². The van der Waals surface area contributed by atoms with Crippen molar-refractivity contribution in [2.75, 3.05) is 9.80 Å². The Bertz CT molecular complexity index is 3250. The standard InChI is InChI=1S/C61H55N4O.Pt/c1-59(2,3)47-31-32-62-58(37-47)65-55-30-27-44(42-19-12-9-13-20-42)35-54(55)53-29-28-51(39-56(53)65)66-52-34-45(43-21-14-10-15-22-43)33-50(38-52)63-40-57(60(4,5)6)64(41-63)49-26-18-25-48(36-49)61(7,8)46-23-16-11-17-24-46;/h9-37,40-41H,1-8H3;/q-3;. The molecule has 3 heterocycles. The van der Waals surface area contributed by atoms with E-state index in [1.165, 1.54) is 28.0 Å². The van der Waals surface area contributed by atoms with Gasteiger partial charge in [0.1, 0.15) is 5.82 Å². The van der Waals surface area contributed by atoms with E-state index in [1.807, 2.05) is 18.3 Å². The van der Waals surface area contributed by atoms with Crippen molar-refractivity contribution in [3.05, 3.63) is 223 Å². The van der Waals surface area contributed by atoms with Gasteiger partial charge in [0.2, 0.25) is 0 Å². The summed E-state index contributed by atoms with van der Waals surface area (Å²) in [6.07, 6.45) is 4.15. The van der Waals surface area contributed by atoms with Crippen molar-refractivity contribution < 1.29 is 25.8 Å². The summed E-state index contributed by atoms with van der Waals surface area (Å²) in [6, 6.07) is 67.5. The number of benzene rings is 7. The molecule has 338 valence electrons. The summed E-state index contributed by atoms with van der Waals surface area (Å²) in [6.45, 7) is 20.3. The molecule has 0 N–H and O–H groups in total. The van der Waals surface area contributed by atoms with Gasteiger partial charge >= 0.3 is 0 Å². The Balaban J connectivity index is 0.00000562. The fourth-order valence-corrected chi connectivity index (χ4v) is 9.05. The summed E-state index contributed by atoms with van der Waals surface area (Å²) in [7, 11) is 0. The molecule has 0 amide bonds. The first-order valence-corrected chi connectivity index (χ1v) is 22.9. The first-order chi connectivity index (χ1) is 31.7. The molecule has 7 aromatic carbocycles. The number of rotatable bonds is 9. The minimum Gasteiger partial charge on any atom is -0.509 e. The summed E-state index contributed by atoms with van der Waals surface area (Å²) in [5.74, 6) is 2.02. The van der Waals surface area contributed by atoms with E-state index in [-0.39, 0.29) is 37.3 Å². The van der Waals surface area contributed by atoms with E-state index in [0.29, 0.717) is 11.5 Å². The minimum atomic E-state index is -0.182. The van der Waals surface area contributed by atoms with Crippen molar-refractivity contribution in [3.63, 3.8) is 0 Å². The summed E-state index contributed by atoms with van der Waals surface area (Å²) < 4.78 is 9.11. The predicted molar refractivity (Wildman–Crippen MR) is 274 cm³/mol. The smallest absolute Gasteiger partial charge is 0.135 e. The van der Waals surface area contributed by atoms with E-state index in [4.69, 9.17) is 9.72 Å². The first kappa shape index (κ1) is 45.5. The van der Waals surface area contributed by atoms with Crippen molar-refractivity contribution in [2.45, 2.75) is 66.2 Å². The van der Waals surface area contributed by atoms with E-state index in [2.05, 4.69) is 252 Å². The van der Waals surface area contributed by atoms with Gasteiger partial charge in [0, 0.05) is 66.5 Å². The SMILES string of the molecule is CC(C)(C)C1=CN(c2[c-]c(Oc3[c-]c4c(cc3)c3cc(-c5ccccc5)ccc3n4-c3cc(C(C)(C)C)ccn3)cc(-c3ccccc3)c2)[CH-]N1c1cccc(C(C)(C)c2ccccc2)c1.[Pt]. The molecule has 67 heavy (non-hydrogen) atoms. The fourth-order valence-electron chi connectivity index (χ4n) is 9.05. The van der Waals surface area contributed by atoms with Gasteiger partial charge in [-0.05, 0) is 80.7 Å². The van der Waals surface area contributed by atoms with Crippen molar-refractivity contribution in [1.82, 2.24) is 9.55 Å². The van der Waals surface area contributed by atoms with Crippen LogP contribution in [0.1, 0.15) is 72.1 Å². The normalized spacial score (nSPS) is 13.2. The number of aromatic nitrogens is 2. The Labute approximate surface area is 410 Å². The van der Waals surface area contributed by atoms with Crippen LogP contribution in [0.2, 0.25) is 0 Å². The average molecular weight is 1060 g/mol. The monoisotopic (exact) mass is 1050 g/mol. The number of ether oxygens (including phenoxy) is 1. The van der Waals surface area contributed by atoms with Crippen LogP contribution in [0.4, 0.5) is 11.4 Å². The van der Waals surface area contributed by atoms with Crippen LogP contribution in [-0.2, 0) is 31.9 Å². The molecule has 0 radical (unpaired) electrons. The van der Waals surface area contributed by atoms with E-state index < -0.39 is 0 Å². The predicted octanol–water partition coefficient (Wildman–Crippen LogP) is 15.9. The van der Waals surface area contributed by atoms with Crippen LogP contribution < -0.4 is 14.5 Å². The van der Waals surface area contributed by atoms with Gasteiger partial charge in [-0.1, -0.05) is 176 Å². The zero-order valence-electron chi connectivity index (χ0n) is 39.4. The Morgan fingerprint density at radius 3 is 1.88 bits per heavy atom. The second-order valence-electron chi connectivity index (χ2n) is 20.0. The zero-order chi connectivity index (χ0) is 45.8. The van der Waals surface area contributed by atoms with Crippen molar-refractivity contribution in [3.8, 4) is 39.6 Å². The summed E-state index contributed by atoms with van der Waals surface area (Å²) in [5.41, 5.74) is 12.9. The van der Waals surface area contributed by atoms with Crippen molar-refractivity contribution in [1.29, 1.82) is 0 Å². The third-order valence-corrected chi connectivity index (χ3v) is 12.9. The third-order valence-electron chi connectivity index (χ3n) is 12.9. The number of hydrogen-bond donors (Lipinski definition) is 0. The van der Waals surface area contributed by atoms with Crippen LogP contribution in [0.25, 0.3) is 49.9 Å². The Hall–Kier alpha value is -6.68. The summed E-state index contributed by atoms with van der Waals surface area (Å²) in [5, 5.41) is 2.20. The van der Waals surface area contributed by atoms with Gasteiger partial charge in [0.15, 0.2) is 0 Å². The van der Waals surface area contributed by atoms with Gasteiger partial charge in [-0.15, -0.1) is 53.6 Å². The molecule has 2 aromatic heterocycles. The van der Waals surface area contributed by atoms with E-state index in [0.717, 1.165) is 55.7 Å². The van der Waals surface area contributed by atoms with Gasteiger partial charge in [-0.25, -0.2) is 4.98 Å². The number of hydrogen-bond acceptors (Lipinski definition) is 4. The topological polar surface area (TPSA) is 33.5 Å². The molecule has 0 unspecified atom stereocenters. The first-order valence-electron chi connectivity index (χ1n) is 22.9. The quantitative estimate of drug-likeness (QED) is 0.135. The minimum absolute atomic E-state index is 0. The maximum Gasteiger partial charge on any atom is 0.135 e. The third kappa shape index (κ3) is 8.98. The van der Waals surface area contributed by atoms with Crippen LogP contribution in [0.3, 0.4) is 0 Å². The Morgan fingerprint density at radius 2 is 1.19 bits per heavy atom. The van der Waals surface area contributed by atoms with Gasteiger partial charge in [0.05, 0.1) is 0 Å². The molecule has 1 aliphatic heterocycles. The van der Waals surface area contributed by atoms with E-state index in [9.17, 15) is 0 Å². The molecule has 9 aromatic rings. The molecular formula is C61H55N4OPt-3. The Morgan fingerprint density at radius 1 is 0.522 bits per heavy atom. The molecule has 0 atom stereocenters. The van der Waals surface area contributed by atoms with Gasteiger partial charge in [0.25, 0.3) is 0 Å². The maximum absolute atomic E-state index is 6.89. The van der Waals surface area contributed by atoms with Crippen molar-refractivity contribution in [2.24, 2.45) is 5.41 Å². The Kier molecular flexibility index (Phi) is 12.1. The maximum atomic E-state index is 6.89. The largest absolute Gasteiger partial charge is 0.509 e. The number of allylic oxidation sites excluding steroid dienone is 1.